The summed E-state index contributed by atoms with van der Waals surface area (Å²) >= 11 is 5.93. The van der Waals surface area contributed by atoms with Crippen molar-refractivity contribution in [3.8, 4) is 11.5 Å². The average Bonchev–Trinajstić information content (AvgIpc) is 2.96. The topological polar surface area (TPSA) is 56.5 Å². The van der Waals surface area contributed by atoms with Crippen molar-refractivity contribution in [2.75, 3.05) is 0 Å². The second-order valence-electron chi connectivity index (χ2n) is 5.32. The lowest BCUT2D eigenvalue weighted by Gasteiger charge is -2.04. The molecule has 0 saturated carbocycles. The first-order valence-corrected chi connectivity index (χ1v) is 7.74. The Balaban J connectivity index is 1.85. The molecular formula is C17H10ClF2N5. The molecule has 25 heavy (non-hydrogen) atoms. The molecule has 5 nitrogen and oxygen atoms in total. The first-order chi connectivity index (χ1) is 12.1. The summed E-state index contributed by atoms with van der Waals surface area (Å²) in [5.41, 5.74) is 1.34. The molecule has 124 valence electrons. The molecule has 0 atom stereocenters. The van der Waals surface area contributed by atoms with Crippen LogP contribution in [0.4, 0.5) is 8.78 Å². The van der Waals surface area contributed by atoms with Crippen LogP contribution >= 0.6 is 11.6 Å². The van der Waals surface area contributed by atoms with Crippen LogP contribution in [0, 0.1) is 11.6 Å². The van der Waals surface area contributed by atoms with Gasteiger partial charge in [0.25, 0.3) is 0 Å². The number of benzene rings is 1. The molecule has 0 bridgehead atoms. The van der Waals surface area contributed by atoms with E-state index in [4.69, 9.17) is 11.6 Å². The quantitative estimate of drug-likeness (QED) is 0.522. The summed E-state index contributed by atoms with van der Waals surface area (Å²) in [6, 6.07) is 8.59. The van der Waals surface area contributed by atoms with Gasteiger partial charge in [0, 0.05) is 24.0 Å². The Morgan fingerprint density at radius 1 is 1.04 bits per heavy atom. The number of hydrogen-bond acceptors (Lipinski definition) is 4. The fourth-order valence-corrected chi connectivity index (χ4v) is 2.68. The molecule has 4 aromatic rings. The monoisotopic (exact) mass is 357 g/mol. The summed E-state index contributed by atoms with van der Waals surface area (Å²) in [5, 5.41) is 5.48. The van der Waals surface area contributed by atoms with E-state index in [0.717, 1.165) is 6.07 Å². The first kappa shape index (κ1) is 15.6. The predicted molar refractivity (Wildman–Crippen MR) is 89.0 cm³/mol. The van der Waals surface area contributed by atoms with Gasteiger partial charge < -0.3 is 0 Å². The van der Waals surface area contributed by atoms with Crippen molar-refractivity contribution in [2.45, 2.75) is 6.54 Å². The van der Waals surface area contributed by atoms with Gasteiger partial charge in [0.05, 0.1) is 11.9 Å². The SMILES string of the molecule is Fc1ccc(Cn2nc(-c3nccc(Cl)n3)c3cccnc32)c(F)c1. The van der Waals surface area contributed by atoms with Crippen LogP contribution in [0.1, 0.15) is 5.56 Å². The maximum atomic E-state index is 14.0. The first-order valence-electron chi connectivity index (χ1n) is 7.36. The van der Waals surface area contributed by atoms with Gasteiger partial charge in [0.15, 0.2) is 11.5 Å². The molecule has 0 spiro atoms. The molecule has 0 aliphatic carbocycles. The lowest BCUT2D eigenvalue weighted by Crippen LogP contribution is -2.05. The van der Waals surface area contributed by atoms with E-state index in [1.54, 1.807) is 18.3 Å². The van der Waals surface area contributed by atoms with Crippen molar-refractivity contribution in [1.29, 1.82) is 0 Å². The van der Waals surface area contributed by atoms with Crippen LogP contribution in [-0.2, 0) is 6.54 Å². The highest BCUT2D eigenvalue weighted by Crippen LogP contribution is 2.25. The predicted octanol–water partition coefficient (Wildman–Crippen LogP) is 3.87. The van der Waals surface area contributed by atoms with Gasteiger partial charge in [-0.3, -0.25) is 0 Å². The van der Waals surface area contributed by atoms with Crippen molar-refractivity contribution in [3.05, 3.63) is 71.1 Å². The van der Waals surface area contributed by atoms with Crippen molar-refractivity contribution in [1.82, 2.24) is 24.7 Å². The minimum atomic E-state index is -0.639. The largest absolute Gasteiger partial charge is 0.242 e. The number of nitrogens with zero attached hydrogens (tertiary/aromatic N) is 5. The number of fused-ring (bicyclic) bond motifs is 1. The Hall–Kier alpha value is -2.93. The van der Waals surface area contributed by atoms with Crippen LogP contribution in [0.3, 0.4) is 0 Å². The smallest absolute Gasteiger partial charge is 0.182 e. The molecule has 4 rings (SSSR count). The molecule has 3 heterocycles. The van der Waals surface area contributed by atoms with E-state index < -0.39 is 11.6 Å². The highest BCUT2D eigenvalue weighted by Gasteiger charge is 2.17. The van der Waals surface area contributed by atoms with Crippen LogP contribution in [0.5, 0.6) is 0 Å². The van der Waals surface area contributed by atoms with E-state index >= 15 is 0 Å². The highest BCUT2D eigenvalue weighted by atomic mass is 35.5. The fourth-order valence-electron chi connectivity index (χ4n) is 2.55. The van der Waals surface area contributed by atoms with E-state index in [9.17, 15) is 8.78 Å². The zero-order chi connectivity index (χ0) is 17.4. The zero-order valence-corrected chi connectivity index (χ0v) is 13.5. The van der Waals surface area contributed by atoms with Gasteiger partial charge in [-0.1, -0.05) is 17.7 Å². The van der Waals surface area contributed by atoms with Crippen molar-refractivity contribution in [2.24, 2.45) is 0 Å². The molecule has 3 aromatic heterocycles. The second kappa shape index (κ2) is 6.18. The van der Waals surface area contributed by atoms with Crippen LogP contribution in [0.25, 0.3) is 22.6 Å². The molecule has 0 aliphatic rings. The van der Waals surface area contributed by atoms with Crippen LogP contribution < -0.4 is 0 Å². The molecule has 0 amide bonds. The Kier molecular flexibility index (Phi) is 3.85. The van der Waals surface area contributed by atoms with Crippen molar-refractivity contribution >= 4 is 22.6 Å². The van der Waals surface area contributed by atoms with Gasteiger partial charge in [-0.25, -0.2) is 28.4 Å². The van der Waals surface area contributed by atoms with Gasteiger partial charge in [0.2, 0.25) is 0 Å². The summed E-state index contributed by atoms with van der Waals surface area (Å²) < 4.78 is 28.6. The number of pyridine rings is 1. The molecule has 0 fully saturated rings. The van der Waals surface area contributed by atoms with Gasteiger partial charge in [-0.2, -0.15) is 5.10 Å². The summed E-state index contributed by atoms with van der Waals surface area (Å²) in [6.45, 7) is 0.0974. The Morgan fingerprint density at radius 3 is 2.72 bits per heavy atom. The number of hydrogen-bond donors (Lipinski definition) is 0. The van der Waals surface area contributed by atoms with Crippen molar-refractivity contribution in [3.63, 3.8) is 0 Å². The second-order valence-corrected chi connectivity index (χ2v) is 5.71. The maximum Gasteiger partial charge on any atom is 0.182 e. The molecule has 8 heteroatoms. The zero-order valence-electron chi connectivity index (χ0n) is 12.7. The van der Waals surface area contributed by atoms with Crippen LogP contribution in [0.15, 0.2) is 48.8 Å². The number of halogens is 3. The minimum absolute atomic E-state index is 0.0974. The standard InChI is InChI=1S/C17H10ClF2N5/c18-14-5-7-21-16(23-14)15-12-2-1-6-22-17(12)25(24-15)9-10-3-4-11(19)8-13(10)20/h1-8H,9H2. The van der Waals surface area contributed by atoms with E-state index in [1.165, 1.54) is 23.0 Å². The van der Waals surface area contributed by atoms with E-state index in [0.29, 0.717) is 33.3 Å². The minimum Gasteiger partial charge on any atom is -0.242 e. The Labute approximate surface area is 145 Å². The number of rotatable bonds is 3. The van der Waals surface area contributed by atoms with Gasteiger partial charge in [0.1, 0.15) is 22.5 Å². The lowest BCUT2D eigenvalue weighted by atomic mass is 10.2. The number of aromatic nitrogens is 5. The summed E-state index contributed by atoms with van der Waals surface area (Å²) in [6.07, 6.45) is 3.15. The summed E-state index contributed by atoms with van der Waals surface area (Å²) in [5.74, 6) is -0.915. The molecule has 0 radical (unpaired) electrons. The van der Waals surface area contributed by atoms with Crippen LogP contribution in [-0.4, -0.2) is 24.7 Å². The van der Waals surface area contributed by atoms with E-state index in [-0.39, 0.29) is 6.54 Å². The summed E-state index contributed by atoms with van der Waals surface area (Å²) in [4.78, 5) is 12.7. The van der Waals surface area contributed by atoms with Gasteiger partial charge in [-0.15, -0.1) is 0 Å². The molecular weight excluding hydrogens is 348 g/mol. The van der Waals surface area contributed by atoms with E-state index in [2.05, 4.69) is 20.1 Å². The van der Waals surface area contributed by atoms with Crippen LogP contribution in [0.2, 0.25) is 5.15 Å². The lowest BCUT2D eigenvalue weighted by molar-refractivity contribution is 0.561. The molecule has 0 N–H and O–H groups in total. The third-order valence-corrected chi connectivity index (χ3v) is 3.89. The third-order valence-electron chi connectivity index (χ3n) is 3.68. The molecule has 1 aromatic carbocycles. The van der Waals surface area contributed by atoms with Gasteiger partial charge in [-0.05, 0) is 24.3 Å². The normalized spacial score (nSPS) is 11.2. The molecule has 0 saturated heterocycles. The van der Waals surface area contributed by atoms with Gasteiger partial charge >= 0.3 is 0 Å². The third kappa shape index (κ3) is 2.94. The maximum absolute atomic E-state index is 14.0. The molecule has 0 aliphatic heterocycles. The molecule has 0 unspecified atom stereocenters. The fraction of sp³-hybridized carbons (Fsp3) is 0.0588. The summed E-state index contributed by atoms with van der Waals surface area (Å²) in [7, 11) is 0. The Morgan fingerprint density at radius 2 is 1.92 bits per heavy atom. The average molecular weight is 358 g/mol. The highest BCUT2D eigenvalue weighted by molar-refractivity contribution is 6.29. The Bertz CT molecular complexity index is 1080. The van der Waals surface area contributed by atoms with Crippen molar-refractivity contribution < 1.29 is 8.78 Å². The van der Waals surface area contributed by atoms with E-state index in [1.807, 2.05) is 6.07 Å².